The minimum Gasteiger partial charge on any atom is -0.449 e. The molecule has 140 valence electrons. The van der Waals surface area contributed by atoms with Crippen LogP contribution in [0, 0.1) is 6.92 Å². The number of piperidine rings is 1. The molecule has 8 nitrogen and oxygen atoms in total. The lowest BCUT2D eigenvalue weighted by atomic mass is 10.1. The van der Waals surface area contributed by atoms with Gasteiger partial charge in [-0.15, -0.1) is 11.3 Å². The molecule has 1 aliphatic rings. The highest BCUT2D eigenvalue weighted by Gasteiger charge is 2.25. The normalized spacial score (nSPS) is 15.1. The zero-order valence-corrected chi connectivity index (χ0v) is 16.0. The number of carbonyl (C=O) groups excluding carboxylic acids is 1. The van der Waals surface area contributed by atoms with Crippen molar-refractivity contribution in [1.29, 1.82) is 0 Å². The number of carbonyl (C=O) groups is 2. The first kappa shape index (κ1) is 18.8. The number of anilines is 1. The highest BCUT2D eigenvalue weighted by molar-refractivity contribution is 7.13. The van der Waals surface area contributed by atoms with Crippen LogP contribution in [0.25, 0.3) is 0 Å². The Morgan fingerprint density at radius 3 is 2.65 bits per heavy atom. The summed E-state index contributed by atoms with van der Waals surface area (Å²) < 4.78 is 4.54. The monoisotopic (exact) mass is 418 g/mol. The molecule has 0 aliphatic carbocycles. The lowest BCUT2D eigenvalue weighted by molar-refractivity contribution is 0.0926. The number of amides is 1. The van der Waals surface area contributed by atoms with E-state index in [0.717, 1.165) is 12.8 Å². The largest absolute Gasteiger partial charge is 0.512 e. The van der Waals surface area contributed by atoms with Crippen LogP contribution in [0.5, 0.6) is 5.88 Å². The summed E-state index contributed by atoms with van der Waals surface area (Å²) in [5, 5.41) is 14.4. The molecule has 26 heavy (non-hydrogen) atoms. The zero-order valence-electron chi connectivity index (χ0n) is 13.7. The number of H-pyrrole nitrogens is 1. The molecular weight excluding hydrogens is 403 g/mol. The summed E-state index contributed by atoms with van der Waals surface area (Å²) in [6, 6.07) is 0.00639. The number of halogens is 2. The Morgan fingerprint density at radius 1 is 1.38 bits per heavy atom. The fraction of sp³-hybridized carbons (Fsp3) is 0.400. The summed E-state index contributed by atoms with van der Waals surface area (Å²) in [6.45, 7) is 3.12. The second-order valence-corrected chi connectivity index (χ2v) is 7.42. The lowest BCUT2D eigenvalue weighted by Crippen LogP contribution is -2.44. The predicted octanol–water partition coefficient (Wildman–Crippen LogP) is 3.54. The number of thiazole rings is 1. The van der Waals surface area contributed by atoms with Crippen molar-refractivity contribution >= 4 is 51.7 Å². The summed E-state index contributed by atoms with van der Waals surface area (Å²) in [5.41, 5.74) is 0.923. The minimum absolute atomic E-state index is 0.00639. The van der Waals surface area contributed by atoms with Gasteiger partial charge >= 0.3 is 6.16 Å². The van der Waals surface area contributed by atoms with Gasteiger partial charge in [-0.25, -0.2) is 4.79 Å². The van der Waals surface area contributed by atoms with Gasteiger partial charge in [0.1, 0.15) is 5.69 Å². The number of nitrogens with one attached hydrogen (secondary N) is 2. The molecule has 0 bridgehead atoms. The van der Waals surface area contributed by atoms with Gasteiger partial charge in [0.2, 0.25) is 5.88 Å². The van der Waals surface area contributed by atoms with Crippen molar-refractivity contribution in [3.63, 3.8) is 0 Å². The van der Waals surface area contributed by atoms with E-state index >= 15 is 0 Å². The molecule has 0 spiro atoms. The van der Waals surface area contributed by atoms with E-state index in [1.54, 1.807) is 12.3 Å². The number of aryl methyl sites for hydroxylation is 1. The molecule has 0 atom stereocenters. The Morgan fingerprint density at radius 2 is 2.08 bits per heavy atom. The summed E-state index contributed by atoms with van der Waals surface area (Å²) in [7, 11) is 0. The molecule has 2 aromatic heterocycles. The van der Waals surface area contributed by atoms with Crippen LogP contribution in [0.2, 0.25) is 10.0 Å². The van der Waals surface area contributed by atoms with Crippen LogP contribution in [0.1, 0.15) is 29.0 Å². The van der Waals surface area contributed by atoms with Crippen LogP contribution in [0.3, 0.4) is 0 Å². The van der Waals surface area contributed by atoms with Gasteiger partial charge in [0, 0.05) is 24.8 Å². The Labute approximate surface area is 163 Å². The molecule has 1 saturated heterocycles. The van der Waals surface area contributed by atoms with E-state index in [-0.39, 0.29) is 28.5 Å². The van der Waals surface area contributed by atoms with Gasteiger partial charge in [-0.05, 0) is 19.8 Å². The third-order valence-corrected chi connectivity index (χ3v) is 5.87. The number of aromatic nitrogens is 2. The second-order valence-electron chi connectivity index (χ2n) is 5.82. The quantitative estimate of drug-likeness (QED) is 0.655. The van der Waals surface area contributed by atoms with E-state index in [9.17, 15) is 9.59 Å². The second kappa shape index (κ2) is 7.73. The molecule has 1 fully saturated rings. The van der Waals surface area contributed by atoms with Gasteiger partial charge < -0.3 is 25.0 Å². The average Bonchev–Trinajstić information content (AvgIpc) is 3.15. The molecule has 3 N–H and O–H groups in total. The maximum Gasteiger partial charge on any atom is 0.512 e. The molecule has 3 rings (SSSR count). The topological polar surface area (TPSA) is 108 Å². The number of hydrogen-bond donors (Lipinski definition) is 3. The summed E-state index contributed by atoms with van der Waals surface area (Å²) in [4.78, 5) is 32.0. The van der Waals surface area contributed by atoms with Crippen LogP contribution in [0.4, 0.5) is 9.93 Å². The fourth-order valence-corrected chi connectivity index (χ4v) is 3.93. The molecule has 0 radical (unpaired) electrons. The molecule has 1 aliphatic heterocycles. The Bertz CT molecular complexity index is 830. The number of aromatic amines is 1. The Hall–Kier alpha value is -1.97. The third-order valence-electron chi connectivity index (χ3n) is 4.04. The van der Waals surface area contributed by atoms with E-state index in [0.29, 0.717) is 28.9 Å². The standard InChI is InChI=1S/C15H16Cl2N4O4S/c1-7-10(16)11(17)12(18-7)13(22)19-8-2-4-21(5-3-8)14-20-9(6-26-14)25-15(23)24/h6,8,18H,2-5H2,1H3,(H,19,22)(H,23,24). The van der Waals surface area contributed by atoms with Crippen LogP contribution >= 0.6 is 34.5 Å². The molecule has 1 amide bonds. The van der Waals surface area contributed by atoms with Crippen LogP contribution in [-0.4, -0.2) is 46.3 Å². The van der Waals surface area contributed by atoms with Crippen molar-refractivity contribution in [3.05, 3.63) is 26.8 Å². The third kappa shape index (κ3) is 4.05. The van der Waals surface area contributed by atoms with Gasteiger partial charge in [-0.3, -0.25) is 4.79 Å². The van der Waals surface area contributed by atoms with Gasteiger partial charge in [0.15, 0.2) is 5.13 Å². The van der Waals surface area contributed by atoms with Crippen LogP contribution in [-0.2, 0) is 0 Å². The number of ether oxygens (including phenoxy) is 1. The maximum absolute atomic E-state index is 12.4. The first-order valence-electron chi connectivity index (χ1n) is 7.81. The molecule has 0 aromatic carbocycles. The van der Waals surface area contributed by atoms with E-state index in [2.05, 4.69) is 20.0 Å². The SMILES string of the molecule is Cc1[nH]c(C(=O)NC2CCN(c3nc(OC(=O)O)cs3)CC2)c(Cl)c1Cl. The van der Waals surface area contributed by atoms with Crippen LogP contribution in [0.15, 0.2) is 5.38 Å². The first-order valence-corrected chi connectivity index (χ1v) is 9.44. The highest BCUT2D eigenvalue weighted by atomic mass is 35.5. The molecule has 11 heteroatoms. The van der Waals surface area contributed by atoms with E-state index in [4.69, 9.17) is 28.3 Å². The summed E-state index contributed by atoms with van der Waals surface area (Å²) in [6.07, 6.45) is 0.0679. The zero-order chi connectivity index (χ0) is 18.8. The number of carboxylic acid groups (broad SMARTS) is 1. The van der Waals surface area contributed by atoms with Crippen molar-refractivity contribution in [1.82, 2.24) is 15.3 Å². The minimum atomic E-state index is -1.39. The molecule has 2 aromatic rings. The van der Waals surface area contributed by atoms with E-state index in [1.165, 1.54) is 11.3 Å². The van der Waals surface area contributed by atoms with Crippen LogP contribution < -0.4 is 15.0 Å². The van der Waals surface area contributed by atoms with E-state index in [1.807, 2.05) is 4.90 Å². The van der Waals surface area contributed by atoms with Crippen molar-refractivity contribution < 1.29 is 19.4 Å². The van der Waals surface area contributed by atoms with Gasteiger partial charge in [-0.2, -0.15) is 4.98 Å². The van der Waals surface area contributed by atoms with Crippen molar-refractivity contribution in [2.45, 2.75) is 25.8 Å². The van der Waals surface area contributed by atoms with Crippen molar-refractivity contribution in [2.75, 3.05) is 18.0 Å². The van der Waals surface area contributed by atoms with Gasteiger partial charge in [0.05, 0.1) is 15.4 Å². The molecule has 3 heterocycles. The number of nitrogens with zero attached hydrogens (tertiary/aromatic N) is 2. The summed E-state index contributed by atoms with van der Waals surface area (Å²) >= 11 is 13.4. The number of hydrogen-bond acceptors (Lipinski definition) is 6. The average molecular weight is 419 g/mol. The number of rotatable bonds is 4. The Kier molecular flexibility index (Phi) is 5.59. The smallest absolute Gasteiger partial charge is 0.449 e. The predicted molar refractivity (Wildman–Crippen MR) is 99.0 cm³/mol. The lowest BCUT2D eigenvalue weighted by Gasteiger charge is -2.32. The first-order chi connectivity index (χ1) is 12.3. The summed E-state index contributed by atoms with van der Waals surface area (Å²) in [5.74, 6) is -0.212. The highest BCUT2D eigenvalue weighted by Crippen LogP contribution is 2.30. The molecular formula is C15H16Cl2N4O4S. The van der Waals surface area contributed by atoms with E-state index < -0.39 is 6.16 Å². The fourth-order valence-electron chi connectivity index (χ4n) is 2.73. The van der Waals surface area contributed by atoms with Gasteiger partial charge in [-0.1, -0.05) is 23.2 Å². The maximum atomic E-state index is 12.4. The van der Waals surface area contributed by atoms with Crippen molar-refractivity contribution in [3.8, 4) is 5.88 Å². The van der Waals surface area contributed by atoms with Crippen molar-refractivity contribution in [2.24, 2.45) is 0 Å². The molecule has 0 unspecified atom stereocenters. The Balaban J connectivity index is 1.55. The molecule has 0 saturated carbocycles. The van der Waals surface area contributed by atoms with Gasteiger partial charge in [0.25, 0.3) is 5.91 Å².